The Morgan fingerprint density at radius 3 is 2.67 bits per heavy atom. The number of amides is 2. The smallest absolute Gasteiger partial charge is 0.270 e. The van der Waals surface area contributed by atoms with Gasteiger partial charge in [-0.3, -0.25) is 9.59 Å². The number of nitrogens with zero attached hydrogens (tertiary/aromatic N) is 2. The Kier molecular flexibility index (Phi) is 5.82. The van der Waals surface area contributed by atoms with Crippen molar-refractivity contribution in [3.63, 3.8) is 0 Å². The van der Waals surface area contributed by atoms with E-state index in [2.05, 4.69) is 31.3 Å². The van der Waals surface area contributed by atoms with Gasteiger partial charge in [0.25, 0.3) is 5.91 Å². The van der Waals surface area contributed by atoms with E-state index in [1.54, 1.807) is 0 Å². The highest BCUT2D eigenvalue weighted by Gasteiger charge is 2.25. The molecular formula is C13H23N3O2. The maximum absolute atomic E-state index is 12.4. The third kappa shape index (κ3) is 3.82. The van der Waals surface area contributed by atoms with Crippen LogP contribution in [0.5, 0.6) is 0 Å². The van der Waals surface area contributed by atoms with Crippen molar-refractivity contribution < 1.29 is 9.59 Å². The van der Waals surface area contributed by atoms with Gasteiger partial charge in [-0.2, -0.15) is 5.10 Å². The first kappa shape index (κ1) is 14.7. The monoisotopic (exact) mass is 253 g/mol. The van der Waals surface area contributed by atoms with Gasteiger partial charge in [0.15, 0.2) is 0 Å². The number of carbonyl (C=O) groups excluding carboxylic acids is 2. The van der Waals surface area contributed by atoms with Crippen molar-refractivity contribution in [3.8, 4) is 0 Å². The number of unbranched alkanes of at least 4 members (excludes halogenated alkanes) is 1. The van der Waals surface area contributed by atoms with E-state index in [9.17, 15) is 9.59 Å². The Balaban J connectivity index is 2.72. The molecule has 1 rings (SSSR count). The quantitative estimate of drug-likeness (QED) is 0.783. The van der Waals surface area contributed by atoms with Gasteiger partial charge in [0.1, 0.15) is 5.71 Å². The van der Waals surface area contributed by atoms with Crippen molar-refractivity contribution in [3.05, 3.63) is 0 Å². The topological polar surface area (TPSA) is 61.8 Å². The Bertz CT molecular complexity index is 339. The maximum Gasteiger partial charge on any atom is 0.270 e. The van der Waals surface area contributed by atoms with Crippen molar-refractivity contribution in [1.29, 1.82) is 0 Å². The molecule has 0 aromatic heterocycles. The van der Waals surface area contributed by atoms with Crippen LogP contribution in [0.2, 0.25) is 0 Å². The summed E-state index contributed by atoms with van der Waals surface area (Å²) in [6, 6.07) is 0.212. The summed E-state index contributed by atoms with van der Waals surface area (Å²) in [4.78, 5) is 25.2. The van der Waals surface area contributed by atoms with Crippen LogP contribution < -0.4 is 5.43 Å². The highest BCUT2D eigenvalue weighted by molar-refractivity contribution is 6.39. The summed E-state index contributed by atoms with van der Waals surface area (Å²) < 4.78 is 0. The molecule has 1 aliphatic heterocycles. The minimum atomic E-state index is -0.116. The summed E-state index contributed by atoms with van der Waals surface area (Å²) >= 11 is 0. The third-order valence-electron chi connectivity index (χ3n) is 3.29. The second kappa shape index (κ2) is 7.13. The van der Waals surface area contributed by atoms with Crippen LogP contribution in [0.25, 0.3) is 0 Å². The SMILES string of the molecule is CCCCN(C(=O)C1=NNC(=O)CC1)C(C)CC. The lowest BCUT2D eigenvalue weighted by molar-refractivity contribution is -0.126. The second-order valence-corrected chi connectivity index (χ2v) is 4.70. The zero-order valence-electron chi connectivity index (χ0n) is 11.5. The van der Waals surface area contributed by atoms with Gasteiger partial charge in [0.2, 0.25) is 5.91 Å². The molecule has 0 bridgehead atoms. The molecule has 1 N–H and O–H groups in total. The van der Waals surface area contributed by atoms with Crippen LogP contribution in [0.1, 0.15) is 52.9 Å². The van der Waals surface area contributed by atoms with Crippen LogP contribution in [0, 0.1) is 0 Å². The minimum Gasteiger partial charge on any atom is -0.335 e. The number of nitrogens with one attached hydrogen (secondary N) is 1. The number of carbonyl (C=O) groups is 2. The van der Waals surface area contributed by atoms with Gasteiger partial charge in [-0.15, -0.1) is 0 Å². The molecule has 1 aliphatic rings. The van der Waals surface area contributed by atoms with Crippen LogP contribution in [-0.2, 0) is 9.59 Å². The van der Waals surface area contributed by atoms with Gasteiger partial charge in [0.05, 0.1) is 0 Å². The fourth-order valence-electron chi connectivity index (χ4n) is 1.87. The Morgan fingerprint density at radius 2 is 2.17 bits per heavy atom. The largest absolute Gasteiger partial charge is 0.335 e. The van der Waals surface area contributed by atoms with Crippen molar-refractivity contribution in [2.45, 2.75) is 58.9 Å². The fraction of sp³-hybridized carbons (Fsp3) is 0.769. The molecule has 102 valence electrons. The highest BCUT2D eigenvalue weighted by Crippen LogP contribution is 2.10. The van der Waals surface area contributed by atoms with Crippen LogP contribution in [0.15, 0.2) is 5.10 Å². The molecule has 0 fully saturated rings. The predicted octanol–water partition coefficient (Wildman–Crippen LogP) is 1.68. The van der Waals surface area contributed by atoms with Gasteiger partial charge in [0, 0.05) is 25.4 Å². The molecule has 0 aromatic rings. The van der Waals surface area contributed by atoms with E-state index >= 15 is 0 Å². The van der Waals surface area contributed by atoms with Crippen LogP contribution in [0.3, 0.4) is 0 Å². The van der Waals surface area contributed by atoms with E-state index in [4.69, 9.17) is 0 Å². The minimum absolute atomic E-state index is 0.0298. The molecule has 0 saturated carbocycles. The molecule has 18 heavy (non-hydrogen) atoms. The van der Waals surface area contributed by atoms with Gasteiger partial charge < -0.3 is 4.90 Å². The van der Waals surface area contributed by atoms with E-state index in [0.717, 1.165) is 25.8 Å². The molecule has 0 spiro atoms. The first-order valence-electron chi connectivity index (χ1n) is 6.76. The highest BCUT2D eigenvalue weighted by atomic mass is 16.2. The first-order valence-corrected chi connectivity index (χ1v) is 6.76. The average Bonchev–Trinajstić information content (AvgIpc) is 2.39. The lowest BCUT2D eigenvalue weighted by atomic mass is 10.1. The molecule has 1 heterocycles. The zero-order valence-corrected chi connectivity index (χ0v) is 11.5. The summed E-state index contributed by atoms with van der Waals surface area (Å²) in [5.41, 5.74) is 2.86. The van der Waals surface area contributed by atoms with E-state index in [-0.39, 0.29) is 17.9 Å². The van der Waals surface area contributed by atoms with Crippen LogP contribution >= 0.6 is 0 Å². The van der Waals surface area contributed by atoms with Crippen molar-refractivity contribution >= 4 is 17.5 Å². The molecule has 5 heteroatoms. The summed E-state index contributed by atoms with van der Waals surface area (Å²) in [5, 5.41) is 3.88. The Hall–Kier alpha value is -1.39. The van der Waals surface area contributed by atoms with Crippen LogP contribution in [0.4, 0.5) is 0 Å². The van der Waals surface area contributed by atoms with Crippen molar-refractivity contribution in [2.75, 3.05) is 6.54 Å². The van der Waals surface area contributed by atoms with Gasteiger partial charge in [-0.25, -0.2) is 5.43 Å². The summed E-state index contributed by atoms with van der Waals surface area (Å²) in [5.74, 6) is -0.145. The lowest BCUT2D eigenvalue weighted by Crippen LogP contribution is -2.45. The average molecular weight is 253 g/mol. The lowest BCUT2D eigenvalue weighted by Gasteiger charge is -2.29. The summed E-state index contributed by atoms with van der Waals surface area (Å²) in [7, 11) is 0. The van der Waals surface area contributed by atoms with E-state index < -0.39 is 0 Å². The third-order valence-corrected chi connectivity index (χ3v) is 3.29. The van der Waals surface area contributed by atoms with Crippen molar-refractivity contribution in [1.82, 2.24) is 10.3 Å². The van der Waals surface area contributed by atoms with Gasteiger partial charge in [-0.05, 0) is 19.8 Å². The van der Waals surface area contributed by atoms with Gasteiger partial charge >= 0.3 is 0 Å². The second-order valence-electron chi connectivity index (χ2n) is 4.70. The molecule has 0 saturated heterocycles. The molecule has 0 aromatic carbocycles. The maximum atomic E-state index is 12.4. The number of hydrazone groups is 1. The van der Waals surface area contributed by atoms with Crippen molar-refractivity contribution in [2.24, 2.45) is 5.10 Å². The predicted molar refractivity (Wildman–Crippen MR) is 71.2 cm³/mol. The molecule has 5 nitrogen and oxygen atoms in total. The normalized spacial score (nSPS) is 16.8. The number of hydrogen-bond donors (Lipinski definition) is 1. The first-order chi connectivity index (χ1) is 8.60. The zero-order chi connectivity index (χ0) is 13.5. The standard InChI is InChI=1S/C13H23N3O2/c1-4-6-9-16(10(3)5-2)13(18)11-7-8-12(17)15-14-11/h10H,4-9H2,1-3H3,(H,15,17). The van der Waals surface area contributed by atoms with E-state index in [1.807, 2.05) is 4.90 Å². The molecule has 2 amide bonds. The Labute approximate surface area is 109 Å². The summed E-state index contributed by atoms with van der Waals surface area (Å²) in [6.45, 7) is 6.99. The van der Waals surface area contributed by atoms with E-state index in [1.165, 1.54) is 0 Å². The fourth-order valence-corrected chi connectivity index (χ4v) is 1.87. The molecule has 0 radical (unpaired) electrons. The Morgan fingerprint density at radius 1 is 1.44 bits per heavy atom. The van der Waals surface area contributed by atoms with E-state index in [0.29, 0.717) is 18.6 Å². The number of rotatable bonds is 6. The summed E-state index contributed by atoms with van der Waals surface area (Å²) in [6.07, 6.45) is 3.78. The molecule has 0 aliphatic carbocycles. The molecule has 1 atom stereocenters. The number of hydrogen-bond acceptors (Lipinski definition) is 3. The van der Waals surface area contributed by atoms with Gasteiger partial charge in [-0.1, -0.05) is 20.3 Å². The molecular weight excluding hydrogens is 230 g/mol. The van der Waals surface area contributed by atoms with Crippen LogP contribution in [-0.4, -0.2) is 35.0 Å². The molecule has 1 unspecified atom stereocenters.